The number of aromatic amines is 1. The summed E-state index contributed by atoms with van der Waals surface area (Å²) in [5, 5.41) is 33.4. The van der Waals surface area contributed by atoms with Crippen molar-refractivity contribution in [2.45, 2.75) is 32.2 Å². The summed E-state index contributed by atoms with van der Waals surface area (Å²) in [6, 6.07) is 18.3. The van der Waals surface area contributed by atoms with Crippen LogP contribution in [0.3, 0.4) is 0 Å². The quantitative estimate of drug-likeness (QED) is 0.172. The minimum absolute atomic E-state index is 0.0159. The maximum atomic E-state index is 13.1. The molecule has 1 aliphatic heterocycles. The number of hydrogen-bond acceptors (Lipinski definition) is 6. The molecule has 2 heterocycles. The van der Waals surface area contributed by atoms with Gasteiger partial charge in [-0.2, -0.15) is 13.2 Å². The van der Waals surface area contributed by atoms with Gasteiger partial charge in [0.05, 0.1) is 17.9 Å². The zero-order chi connectivity index (χ0) is 27.6. The summed E-state index contributed by atoms with van der Waals surface area (Å²) in [6.45, 7) is 2.45. The lowest BCUT2D eigenvalue weighted by Crippen LogP contribution is -2.36. The molecule has 1 fully saturated rings. The first-order chi connectivity index (χ1) is 18.7. The van der Waals surface area contributed by atoms with E-state index in [-0.39, 0.29) is 22.9 Å². The molecule has 1 atom stereocenters. The number of benzene rings is 3. The van der Waals surface area contributed by atoms with Gasteiger partial charge in [-0.15, -0.1) is 5.23 Å². The summed E-state index contributed by atoms with van der Waals surface area (Å²) in [7, 11) is 0. The highest BCUT2D eigenvalue weighted by molar-refractivity contribution is 5.83. The highest BCUT2D eigenvalue weighted by atomic mass is 19.4. The second kappa shape index (κ2) is 10.9. The van der Waals surface area contributed by atoms with Gasteiger partial charge in [-0.3, -0.25) is 15.3 Å². The maximum absolute atomic E-state index is 13.1. The third kappa shape index (κ3) is 6.04. The molecule has 0 bridgehead atoms. The Kier molecular flexibility index (Phi) is 7.55. The minimum atomic E-state index is -4.39. The van der Waals surface area contributed by atoms with E-state index in [0.29, 0.717) is 30.8 Å². The largest absolute Gasteiger partial charge is 0.416 e. The van der Waals surface area contributed by atoms with Crippen LogP contribution in [-0.4, -0.2) is 45.0 Å². The number of H-pyrrole nitrogens is 1. The number of rotatable bonds is 9. The molecule has 0 saturated carbocycles. The molecule has 0 aliphatic carbocycles. The molecule has 5 rings (SSSR count). The molecule has 0 unspecified atom stereocenters. The zero-order valence-corrected chi connectivity index (χ0v) is 21.2. The first-order valence-corrected chi connectivity index (χ1v) is 12.7. The van der Waals surface area contributed by atoms with Crippen molar-refractivity contribution in [2.24, 2.45) is 5.41 Å². The number of aliphatic hydroxyl groups excluding tert-OH is 1. The van der Waals surface area contributed by atoms with Crippen LogP contribution < -0.4 is 10.5 Å². The van der Waals surface area contributed by atoms with Gasteiger partial charge in [0, 0.05) is 42.1 Å². The Bertz CT molecular complexity index is 1420. The van der Waals surface area contributed by atoms with Crippen LogP contribution in [-0.2, 0) is 25.7 Å². The number of para-hydroxylation sites is 1. The number of nitrogens with zero attached hydrogens (tertiary/aromatic N) is 2. The number of hydrogen-bond donors (Lipinski definition) is 5. The standard InChI is InChI=1S/C29H31F3N4O3/c30-29(31,32)23-8-5-20(6-9-23)14-28(18-34-26-10-7-21(17-37)13-27(26)36(38)39)11-12-35(19-28)16-22-15-33-25-4-2-1-3-24(22)25/h1-10,13,15,33-34,37-39H,11-12,14,16-19H2/t28-/m0/s1. The molecule has 206 valence electrons. The van der Waals surface area contributed by atoms with Gasteiger partial charge in [-0.05, 0) is 66.4 Å². The van der Waals surface area contributed by atoms with Gasteiger partial charge in [0.15, 0.2) is 0 Å². The Morgan fingerprint density at radius 2 is 1.74 bits per heavy atom. The lowest BCUT2D eigenvalue weighted by atomic mass is 9.80. The summed E-state index contributed by atoms with van der Waals surface area (Å²) < 4.78 is 39.4. The highest BCUT2D eigenvalue weighted by Gasteiger charge is 2.39. The molecule has 0 radical (unpaired) electrons. The monoisotopic (exact) mass is 540 g/mol. The third-order valence-corrected chi connectivity index (χ3v) is 7.56. The molecule has 39 heavy (non-hydrogen) atoms. The Labute approximate surface area is 224 Å². The van der Waals surface area contributed by atoms with Gasteiger partial charge >= 0.3 is 6.18 Å². The first-order valence-electron chi connectivity index (χ1n) is 12.7. The molecule has 0 spiro atoms. The Morgan fingerprint density at radius 3 is 2.46 bits per heavy atom. The molecule has 4 aromatic rings. The number of anilines is 2. The van der Waals surface area contributed by atoms with Crippen LogP contribution in [0.2, 0.25) is 0 Å². The number of fused-ring (bicyclic) bond motifs is 1. The van der Waals surface area contributed by atoms with Crippen LogP contribution in [0.4, 0.5) is 24.5 Å². The van der Waals surface area contributed by atoms with Crippen molar-refractivity contribution < 1.29 is 28.7 Å². The van der Waals surface area contributed by atoms with Crippen LogP contribution in [0.25, 0.3) is 10.9 Å². The van der Waals surface area contributed by atoms with Crippen LogP contribution in [0.1, 0.15) is 28.7 Å². The SMILES string of the molecule is OCc1ccc(NC[C@@]2(Cc3ccc(C(F)(F)F)cc3)CCN(Cc3c[nH]c4ccccc34)C2)c(N(O)O)c1. The lowest BCUT2D eigenvalue weighted by molar-refractivity contribution is -0.137. The Hall–Kier alpha value is -3.57. The van der Waals surface area contributed by atoms with E-state index in [2.05, 4.69) is 21.3 Å². The summed E-state index contributed by atoms with van der Waals surface area (Å²) in [5.74, 6) is 0. The van der Waals surface area contributed by atoms with Crippen molar-refractivity contribution in [3.8, 4) is 0 Å². The third-order valence-electron chi connectivity index (χ3n) is 7.56. The predicted molar refractivity (Wildman–Crippen MR) is 143 cm³/mol. The van der Waals surface area contributed by atoms with Crippen molar-refractivity contribution in [3.63, 3.8) is 0 Å². The normalized spacial score (nSPS) is 18.1. The number of nitrogens with one attached hydrogen (secondary N) is 2. The van der Waals surface area contributed by atoms with Gasteiger partial charge < -0.3 is 15.4 Å². The average molecular weight is 541 g/mol. The summed E-state index contributed by atoms with van der Waals surface area (Å²) >= 11 is 0. The molecule has 1 aromatic heterocycles. The van der Waals surface area contributed by atoms with E-state index < -0.39 is 11.7 Å². The van der Waals surface area contributed by atoms with Crippen LogP contribution in [0, 0.1) is 5.41 Å². The van der Waals surface area contributed by atoms with E-state index in [0.717, 1.165) is 48.1 Å². The number of halogens is 3. The van der Waals surface area contributed by atoms with Crippen molar-refractivity contribution in [1.29, 1.82) is 0 Å². The highest BCUT2D eigenvalue weighted by Crippen LogP contribution is 2.38. The number of alkyl halides is 3. The smallest absolute Gasteiger partial charge is 0.392 e. The fourth-order valence-electron chi connectivity index (χ4n) is 5.53. The van der Waals surface area contributed by atoms with Gasteiger partial charge in [0.1, 0.15) is 5.69 Å². The number of likely N-dealkylation sites (tertiary alicyclic amines) is 1. The van der Waals surface area contributed by atoms with Crippen molar-refractivity contribution in [2.75, 3.05) is 30.2 Å². The van der Waals surface area contributed by atoms with E-state index in [4.69, 9.17) is 0 Å². The van der Waals surface area contributed by atoms with Gasteiger partial charge in [-0.1, -0.05) is 36.4 Å². The number of aliphatic hydroxyl groups is 1. The predicted octanol–water partition coefficient (Wildman–Crippen LogP) is 5.81. The van der Waals surface area contributed by atoms with E-state index >= 15 is 0 Å². The summed E-state index contributed by atoms with van der Waals surface area (Å²) in [4.78, 5) is 5.66. The molecule has 7 nitrogen and oxygen atoms in total. The zero-order valence-electron chi connectivity index (χ0n) is 21.2. The van der Waals surface area contributed by atoms with Crippen molar-refractivity contribution in [3.05, 3.63) is 95.2 Å². The topological polar surface area (TPSA) is 95.0 Å². The van der Waals surface area contributed by atoms with Crippen molar-refractivity contribution in [1.82, 2.24) is 9.88 Å². The molecule has 3 aromatic carbocycles. The molecule has 1 aliphatic rings. The van der Waals surface area contributed by atoms with Crippen LogP contribution >= 0.6 is 0 Å². The van der Waals surface area contributed by atoms with Crippen LogP contribution in [0.5, 0.6) is 0 Å². The molecule has 5 N–H and O–H groups in total. The minimum Gasteiger partial charge on any atom is -0.392 e. The van der Waals surface area contributed by atoms with E-state index in [1.165, 1.54) is 23.8 Å². The van der Waals surface area contributed by atoms with Crippen molar-refractivity contribution >= 4 is 22.3 Å². The summed E-state index contributed by atoms with van der Waals surface area (Å²) in [6.07, 6.45) is -1.02. The van der Waals surface area contributed by atoms with Gasteiger partial charge in [0.25, 0.3) is 0 Å². The maximum Gasteiger partial charge on any atom is 0.416 e. The van der Waals surface area contributed by atoms with E-state index in [1.54, 1.807) is 12.1 Å². The second-order valence-electron chi connectivity index (χ2n) is 10.3. The molecular formula is C29H31F3N4O3. The first kappa shape index (κ1) is 27.0. The van der Waals surface area contributed by atoms with E-state index in [9.17, 15) is 28.7 Å². The molecular weight excluding hydrogens is 509 g/mol. The Morgan fingerprint density at radius 1 is 1.00 bits per heavy atom. The summed E-state index contributed by atoms with van der Waals surface area (Å²) in [5.41, 5.74) is 3.15. The van der Waals surface area contributed by atoms with Gasteiger partial charge in [-0.25, -0.2) is 0 Å². The van der Waals surface area contributed by atoms with Crippen LogP contribution in [0.15, 0.2) is 72.9 Å². The molecule has 10 heteroatoms. The lowest BCUT2D eigenvalue weighted by Gasteiger charge is -2.31. The average Bonchev–Trinajstić information content (AvgIpc) is 3.51. The fourth-order valence-corrected chi connectivity index (χ4v) is 5.53. The second-order valence-corrected chi connectivity index (χ2v) is 10.3. The van der Waals surface area contributed by atoms with E-state index in [1.807, 2.05) is 24.4 Å². The molecule has 0 amide bonds. The fraction of sp³-hybridized carbons (Fsp3) is 0.310. The van der Waals surface area contributed by atoms with Gasteiger partial charge in [0.2, 0.25) is 0 Å². The Balaban J connectivity index is 1.39. The number of aromatic nitrogens is 1. The molecule has 1 saturated heterocycles.